The minimum atomic E-state index is -0.265. The van der Waals surface area contributed by atoms with E-state index in [4.69, 9.17) is 0 Å². The van der Waals surface area contributed by atoms with Gasteiger partial charge in [-0.2, -0.15) is 0 Å². The summed E-state index contributed by atoms with van der Waals surface area (Å²) in [6, 6.07) is 58.7. The van der Waals surface area contributed by atoms with Gasteiger partial charge < -0.3 is 4.57 Å². The number of nitrogens with zero attached hydrogens (tertiary/aromatic N) is 1. The Morgan fingerprint density at radius 1 is 0.521 bits per heavy atom. The van der Waals surface area contributed by atoms with Gasteiger partial charge in [0.15, 0.2) is 0 Å². The summed E-state index contributed by atoms with van der Waals surface area (Å²) in [6.07, 6.45) is 33.8. The van der Waals surface area contributed by atoms with Crippen molar-refractivity contribution in [2.24, 2.45) is 5.92 Å². The molecule has 0 amide bonds. The van der Waals surface area contributed by atoms with Crippen LogP contribution in [0.3, 0.4) is 0 Å². The summed E-state index contributed by atoms with van der Waals surface area (Å²) in [5.74, 6) is 1.13. The van der Waals surface area contributed by atoms with E-state index in [9.17, 15) is 0 Å². The maximum atomic E-state index is 2.40. The maximum Gasteiger partial charge on any atom is 0.0676 e. The van der Waals surface area contributed by atoms with Crippen LogP contribution in [0.2, 0.25) is 0 Å². The SMILES string of the molecule is CC1=C(c2cccc(-c3ccc(C4(C5=CC=CCC5)c5ccccc5-c5ccccc54)cc3)c2C)C(C)CC=C1.Cc1ccc(C2C=CC=CC2)cc1.Cc1ccc2c3ccccc3n(C3=CCCC=C3)c2c1. The van der Waals surface area contributed by atoms with Gasteiger partial charge >= 0.3 is 0 Å². The van der Waals surface area contributed by atoms with Crippen molar-refractivity contribution >= 4 is 33.1 Å². The Morgan fingerprint density at radius 3 is 1.92 bits per heavy atom. The van der Waals surface area contributed by atoms with Crippen LogP contribution in [-0.2, 0) is 5.41 Å². The highest BCUT2D eigenvalue weighted by molar-refractivity contribution is 6.10. The molecule has 2 atom stereocenters. The highest BCUT2D eigenvalue weighted by Crippen LogP contribution is 2.57. The number of para-hydroxylation sites is 1. The summed E-state index contributed by atoms with van der Waals surface area (Å²) in [5.41, 5.74) is 24.3. The van der Waals surface area contributed by atoms with Crippen LogP contribution in [0, 0.1) is 26.7 Å². The minimum absolute atomic E-state index is 0.265. The first-order valence-electron chi connectivity index (χ1n) is 26.7. The average molecular weight is 946 g/mol. The number of aromatic nitrogens is 1. The molecule has 8 aromatic rings. The Labute approximate surface area is 434 Å². The molecule has 1 heterocycles. The molecule has 0 saturated carbocycles. The van der Waals surface area contributed by atoms with E-state index in [0.29, 0.717) is 11.8 Å². The highest BCUT2D eigenvalue weighted by Gasteiger charge is 2.46. The molecule has 360 valence electrons. The predicted octanol–water partition coefficient (Wildman–Crippen LogP) is 19.5. The van der Waals surface area contributed by atoms with Crippen molar-refractivity contribution in [3.8, 4) is 22.3 Å². The van der Waals surface area contributed by atoms with Gasteiger partial charge in [-0.25, -0.2) is 0 Å². The Hall–Kier alpha value is -7.74. The summed E-state index contributed by atoms with van der Waals surface area (Å²) >= 11 is 0. The van der Waals surface area contributed by atoms with Crippen LogP contribution in [0.5, 0.6) is 0 Å². The fourth-order valence-corrected chi connectivity index (χ4v) is 12.4. The number of allylic oxidation sites excluding steroid dienone is 16. The minimum Gasteiger partial charge on any atom is -0.310 e. The van der Waals surface area contributed by atoms with Gasteiger partial charge in [0.25, 0.3) is 0 Å². The van der Waals surface area contributed by atoms with Gasteiger partial charge in [0.2, 0.25) is 0 Å². The Bertz CT molecular complexity index is 3560. The molecule has 0 saturated heterocycles. The summed E-state index contributed by atoms with van der Waals surface area (Å²) in [7, 11) is 0. The van der Waals surface area contributed by atoms with Crippen molar-refractivity contribution in [3.05, 3.63) is 286 Å². The average Bonchev–Trinajstić information content (AvgIpc) is 3.93. The van der Waals surface area contributed by atoms with Crippen LogP contribution < -0.4 is 0 Å². The standard InChI is InChI=1S/C40H36.C19H17N.C13H14/c1-27-13-11-14-28(2)39(27)34-20-12-19-33(29(34)3)30-23-25-32(26-24-30)40(31-15-5-4-6-16-31)37-21-9-7-17-35(37)36-18-8-10-22-38(36)40;1-14-11-12-17-16-9-5-6-10-18(16)20(19(17)13-14)15-7-3-2-4-8-15;1-11-7-9-13(10-8-11)12-5-3-2-4-6-12/h4-5,7-13,15,17-26,28H,6,14,16H2,1-3H3;3,5-13H,2,4H2,1H3;2-5,7-10,12H,6H2,1H3. The van der Waals surface area contributed by atoms with Gasteiger partial charge in [0.05, 0.1) is 16.4 Å². The molecule has 2 unspecified atom stereocenters. The van der Waals surface area contributed by atoms with Crippen molar-refractivity contribution in [1.29, 1.82) is 0 Å². The van der Waals surface area contributed by atoms with E-state index in [1.165, 1.54) is 111 Å². The molecule has 1 aromatic heterocycles. The maximum absolute atomic E-state index is 2.40. The topological polar surface area (TPSA) is 4.93 Å². The van der Waals surface area contributed by atoms with Crippen LogP contribution >= 0.6 is 0 Å². The van der Waals surface area contributed by atoms with Crippen LogP contribution in [0.4, 0.5) is 0 Å². The Kier molecular flexibility index (Phi) is 13.5. The van der Waals surface area contributed by atoms with E-state index < -0.39 is 0 Å². The first-order chi connectivity index (χ1) is 35.8. The summed E-state index contributed by atoms with van der Waals surface area (Å²) in [5, 5.41) is 2.67. The molecule has 13 rings (SSSR count). The van der Waals surface area contributed by atoms with Gasteiger partial charge in [-0.05, 0) is 163 Å². The Morgan fingerprint density at radius 2 is 1.22 bits per heavy atom. The van der Waals surface area contributed by atoms with Crippen molar-refractivity contribution in [2.75, 3.05) is 0 Å². The van der Waals surface area contributed by atoms with E-state index in [1.807, 2.05) is 0 Å². The number of benzene rings is 7. The normalized spacial score (nSPS) is 18.1. The number of rotatable bonds is 6. The van der Waals surface area contributed by atoms with Gasteiger partial charge in [-0.15, -0.1) is 0 Å². The molecule has 5 aliphatic rings. The van der Waals surface area contributed by atoms with Gasteiger partial charge in [0.1, 0.15) is 0 Å². The van der Waals surface area contributed by atoms with E-state index >= 15 is 0 Å². The summed E-state index contributed by atoms with van der Waals surface area (Å²) in [6.45, 7) is 11.2. The molecule has 1 heteroatoms. The molecule has 0 spiro atoms. The van der Waals surface area contributed by atoms with E-state index in [0.717, 1.165) is 38.5 Å². The summed E-state index contributed by atoms with van der Waals surface area (Å²) < 4.78 is 2.40. The van der Waals surface area contributed by atoms with Crippen molar-refractivity contribution in [3.63, 3.8) is 0 Å². The third-order valence-corrected chi connectivity index (χ3v) is 16.0. The monoisotopic (exact) mass is 946 g/mol. The fraction of sp³-hybridized carbons (Fsp3) is 0.194. The molecule has 1 nitrogen and oxygen atoms in total. The van der Waals surface area contributed by atoms with Gasteiger partial charge in [0, 0.05) is 22.4 Å². The third kappa shape index (κ3) is 9.01. The molecular formula is C72H67N. The lowest BCUT2D eigenvalue weighted by molar-refractivity contribution is 0.693. The van der Waals surface area contributed by atoms with Crippen LogP contribution in [0.1, 0.15) is 103 Å². The molecule has 5 aliphatic carbocycles. The molecule has 0 bridgehead atoms. The van der Waals surface area contributed by atoms with Gasteiger partial charge in [-0.3, -0.25) is 0 Å². The zero-order valence-corrected chi connectivity index (χ0v) is 43.3. The number of hydrogen-bond donors (Lipinski definition) is 0. The molecule has 0 aliphatic heterocycles. The predicted molar refractivity (Wildman–Crippen MR) is 314 cm³/mol. The number of fused-ring (bicyclic) bond motifs is 6. The lowest BCUT2D eigenvalue weighted by Gasteiger charge is -2.36. The third-order valence-electron chi connectivity index (χ3n) is 16.0. The lowest BCUT2D eigenvalue weighted by Crippen LogP contribution is -2.30. The van der Waals surface area contributed by atoms with Crippen LogP contribution in [0.15, 0.2) is 242 Å². The van der Waals surface area contributed by atoms with Gasteiger partial charge in [-0.1, -0.05) is 230 Å². The zero-order valence-electron chi connectivity index (χ0n) is 43.3. The van der Waals surface area contributed by atoms with Crippen molar-refractivity contribution in [2.45, 2.75) is 84.5 Å². The quantitative estimate of drug-likeness (QED) is 0.157. The first kappa shape index (κ1) is 47.6. The molecule has 7 aromatic carbocycles. The molecular weight excluding hydrogens is 879 g/mol. The smallest absolute Gasteiger partial charge is 0.0676 e. The highest BCUT2D eigenvalue weighted by atomic mass is 15.0. The van der Waals surface area contributed by atoms with Crippen LogP contribution in [-0.4, -0.2) is 4.57 Å². The second-order valence-electron chi connectivity index (χ2n) is 20.7. The van der Waals surface area contributed by atoms with Crippen molar-refractivity contribution < 1.29 is 0 Å². The molecule has 73 heavy (non-hydrogen) atoms. The van der Waals surface area contributed by atoms with Crippen LogP contribution in [0.25, 0.3) is 55.3 Å². The lowest BCUT2D eigenvalue weighted by atomic mass is 9.65. The van der Waals surface area contributed by atoms with E-state index in [1.54, 1.807) is 0 Å². The van der Waals surface area contributed by atoms with E-state index in [2.05, 4.69) is 270 Å². The molecule has 0 radical (unpaired) electrons. The fourth-order valence-electron chi connectivity index (χ4n) is 12.4. The second-order valence-corrected chi connectivity index (χ2v) is 20.7. The molecule has 0 fully saturated rings. The van der Waals surface area contributed by atoms with Crippen molar-refractivity contribution in [1.82, 2.24) is 4.57 Å². The van der Waals surface area contributed by atoms with E-state index in [-0.39, 0.29) is 5.41 Å². The second kappa shape index (κ2) is 20.8. The first-order valence-corrected chi connectivity index (χ1v) is 26.7. The molecule has 0 N–H and O–H groups in total. The zero-order chi connectivity index (χ0) is 49.9. The Balaban J connectivity index is 0.000000143. The number of hydrogen-bond acceptors (Lipinski definition) is 0. The summed E-state index contributed by atoms with van der Waals surface area (Å²) in [4.78, 5) is 0. The number of aryl methyl sites for hydroxylation is 2. The largest absolute Gasteiger partial charge is 0.310 e.